The monoisotopic (exact) mass is 636 g/mol. The standard InChI is InChI=1S/C35H40O11/c1-17-16-19-21(22-18(17)10-11-20(36)41-22)23(42-27(39)34-14-12-32(8,25(37)45-34)30(34,4)5)24(29(2,3)44-19)43-28(40)35-15-13-33(9,26(38)46-35)31(35,6)7/h10-11,16,23-24H,12-15H2,1-9H3/t23-,24-,32?,33?,34?,35?/m1/s1. The summed E-state index contributed by atoms with van der Waals surface area (Å²) in [7, 11) is 0. The lowest BCUT2D eigenvalue weighted by Gasteiger charge is -2.46. The van der Waals surface area contributed by atoms with E-state index in [1.165, 1.54) is 6.07 Å². The second kappa shape index (κ2) is 8.72. The molecule has 2 aliphatic carbocycles. The summed E-state index contributed by atoms with van der Waals surface area (Å²) in [6, 6.07) is 4.66. The molecule has 1 aromatic carbocycles. The second-order valence-electron chi connectivity index (χ2n) is 15.8. The molecule has 2 saturated heterocycles. The number of rotatable bonds is 4. The Balaban J connectivity index is 1.37. The van der Waals surface area contributed by atoms with Crippen LogP contribution in [-0.2, 0) is 38.1 Å². The Hall–Kier alpha value is -3.89. The Morgan fingerprint density at radius 1 is 0.739 bits per heavy atom. The zero-order valence-corrected chi connectivity index (χ0v) is 27.7. The average Bonchev–Trinajstić information content (AvgIpc) is 3.42. The van der Waals surface area contributed by atoms with Crippen LogP contribution in [-0.4, -0.2) is 46.8 Å². The zero-order chi connectivity index (χ0) is 33.6. The molecule has 246 valence electrons. The Labute approximate surface area is 266 Å². The van der Waals surface area contributed by atoms with Gasteiger partial charge in [0.05, 0.1) is 16.4 Å². The summed E-state index contributed by atoms with van der Waals surface area (Å²) in [4.78, 5) is 67.4. The van der Waals surface area contributed by atoms with Gasteiger partial charge in [0.25, 0.3) is 0 Å². The van der Waals surface area contributed by atoms with Crippen molar-refractivity contribution in [3.63, 3.8) is 0 Å². The van der Waals surface area contributed by atoms with Crippen LogP contribution < -0.4 is 10.4 Å². The van der Waals surface area contributed by atoms with E-state index in [2.05, 4.69) is 0 Å². The molecule has 6 atom stereocenters. The Kier molecular flexibility index (Phi) is 5.83. The topological polar surface area (TPSA) is 145 Å². The van der Waals surface area contributed by atoms with E-state index in [-0.39, 0.29) is 29.7 Å². The molecule has 2 aromatic rings. The van der Waals surface area contributed by atoms with E-state index in [0.29, 0.717) is 18.2 Å². The minimum Gasteiger partial charge on any atom is -0.483 e. The normalized spacial score (nSPS) is 37.3. The number of hydrogen-bond acceptors (Lipinski definition) is 11. The van der Waals surface area contributed by atoms with Crippen molar-refractivity contribution in [1.82, 2.24) is 0 Å². The maximum Gasteiger partial charge on any atom is 0.351 e. The summed E-state index contributed by atoms with van der Waals surface area (Å²) in [6.07, 6.45) is -1.27. The number of benzene rings is 1. The Morgan fingerprint density at radius 3 is 1.74 bits per heavy atom. The summed E-state index contributed by atoms with van der Waals surface area (Å²) in [6.45, 7) is 16.1. The van der Waals surface area contributed by atoms with Crippen molar-refractivity contribution in [3.05, 3.63) is 39.7 Å². The molecule has 0 spiro atoms. The second-order valence-corrected chi connectivity index (χ2v) is 15.8. The van der Waals surface area contributed by atoms with Crippen molar-refractivity contribution in [2.45, 2.75) is 117 Å². The predicted molar refractivity (Wildman–Crippen MR) is 161 cm³/mol. The fourth-order valence-corrected chi connectivity index (χ4v) is 8.75. The fraction of sp³-hybridized carbons (Fsp3) is 0.629. The molecule has 0 amide bonds. The van der Waals surface area contributed by atoms with Crippen molar-refractivity contribution in [1.29, 1.82) is 0 Å². The van der Waals surface area contributed by atoms with E-state index in [1.807, 2.05) is 34.6 Å². The first-order valence-electron chi connectivity index (χ1n) is 15.8. The molecule has 4 bridgehead atoms. The van der Waals surface area contributed by atoms with Crippen molar-refractivity contribution in [2.75, 3.05) is 0 Å². The predicted octanol–water partition coefficient (Wildman–Crippen LogP) is 5.01. The van der Waals surface area contributed by atoms with Crippen molar-refractivity contribution >= 4 is 34.8 Å². The summed E-state index contributed by atoms with van der Waals surface area (Å²) in [5.74, 6) is -2.24. The van der Waals surface area contributed by atoms with Gasteiger partial charge in [-0.3, -0.25) is 9.59 Å². The molecule has 5 aliphatic rings. The van der Waals surface area contributed by atoms with Crippen LogP contribution in [0.1, 0.15) is 98.3 Å². The number of ether oxygens (including phenoxy) is 5. The van der Waals surface area contributed by atoms with Gasteiger partial charge < -0.3 is 28.1 Å². The highest BCUT2D eigenvalue weighted by molar-refractivity contribution is 5.95. The maximum atomic E-state index is 14.4. The Morgan fingerprint density at radius 2 is 1.26 bits per heavy atom. The molecule has 7 rings (SSSR count). The molecule has 2 saturated carbocycles. The highest BCUT2D eigenvalue weighted by Crippen LogP contribution is 2.67. The minimum absolute atomic E-state index is 0.118. The van der Waals surface area contributed by atoms with E-state index in [4.69, 9.17) is 28.1 Å². The number of carbonyl (C=O) groups excluding carboxylic acids is 4. The van der Waals surface area contributed by atoms with Gasteiger partial charge >= 0.3 is 29.5 Å². The Bertz CT molecular complexity index is 1830. The van der Waals surface area contributed by atoms with Gasteiger partial charge in [0.1, 0.15) is 16.9 Å². The van der Waals surface area contributed by atoms with Crippen LogP contribution in [0.2, 0.25) is 0 Å². The van der Waals surface area contributed by atoms with Crippen LogP contribution in [0.5, 0.6) is 5.75 Å². The van der Waals surface area contributed by atoms with E-state index in [9.17, 15) is 24.0 Å². The average molecular weight is 637 g/mol. The van der Waals surface area contributed by atoms with Crippen LogP contribution in [0.15, 0.2) is 27.4 Å². The van der Waals surface area contributed by atoms with Crippen LogP contribution in [0.25, 0.3) is 11.0 Å². The molecule has 46 heavy (non-hydrogen) atoms. The number of esters is 4. The summed E-state index contributed by atoms with van der Waals surface area (Å²) >= 11 is 0. The van der Waals surface area contributed by atoms with E-state index in [0.717, 1.165) is 5.56 Å². The number of hydrogen-bond donors (Lipinski definition) is 0. The number of aryl methyl sites for hydroxylation is 1. The first kappa shape index (κ1) is 30.7. The lowest BCUT2D eigenvalue weighted by Crippen LogP contribution is -2.57. The third-order valence-electron chi connectivity index (χ3n) is 13.0. The van der Waals surface area contributed by atoms with Gasteiger partial charge in [0, 0.05) is 22.3 Å². The molecule has 0 N–H and O–H groups in total. The van der Waals surface area contributed by atoms with Crippen molar-refractivity contribution < 1.29 is 47.3 Å². The maximum absolute atomic E-state index is 14.4. The fourth-order valence-electron chi connectivity index (χ4n) is 8.75. The van der Waals surface area contributed by atoms with Crippen LogP contribution >= 0.6 is 0 Å². The third kappa shape index (κ3) is 3.31. The molecule has 4 heterocycles. The molecular formula is C35H40O11. The van der Waals surface area contributed by atoms with Gasteiger partial charge in [0.15, 0.2) is 12.2 Å². The van der Waals surface area contributed by atoms with Gasteiger partial charge in [-0.05, 0) is 78.0 Å². The quantitative estimate of drug-likeness (QED) is 0.254. The van der Waals surface area contributed by atoms with E-state index < -0.39 is 80.2 Å². The first-order valence-corrected chi connectivity index (χ1v) is 15.8. The molecule has 11 heteroatoms. The highest BCUT2D eigenvalue weighted by Gasteiger charge is 2.78. The SMILES string of the molecule is Cc1cc2c(c3oc(=O)ccc13)[C@@H](OC(=O)C13CCC(C)(C(=O)O1)C3(C)C)[C@@H](OC(=O)C13CCC(C)(C(=O)O1)C3(C)C)C(C)(C)O2. The largest absolute Gasteiger partial charge is 0.483 e. The summed E-state index contributed by atoms with van der Waals surface area (Å²) < 4.78 is 36.5. The number of carbonyl (C=O) groups is 4. The van der Waals surface area contributed by atoms with Gasteiger partial charge in [0.2, 0.25) is 11.2 Å². The number of fused-ring (bicyclic) bond motifs is 7. The molecular weight excluding hydrogens is 596 g/mol. The first-order chi connectivity index (χ1) is 21.2. The van der Waals surface area contributed by atoms with E-state index in [1.54, 1.807) is 39.8 Å². The van der Waals surface area contributed by atoms with E-state index >= 15 is 0 Å². The zero-order valence-electron chi connectivity index (χ0n) is 27.7. The summed E-state index contributed by atoms with van der Waals surface area (Å²) in [5.41, 5.74) is -7.61. The minimum atomic E-state index is -1.59. The third-order valence-corrected chi connectivity index (χ3v) is 13.0. The van der Waals surface area contributed by atoms with Crippen molar-refractivity contribution in [3.8, 4) is 5.75 Å². The van der Waals surface area contributed by atoms with Crippen LogP contribution in [0, 0.1) is 28.6 Å². The lowest BCUT2D eigenvalue weighted by molar-refractivity contribution is -0.217. The van der Waals surface area contributed by atoms with Gasteiger partial charge in [-0.15, -0.1) is 0 Å². The molecule has 11 nitrogen and oxygen atoms in total. The summed E-state index contributed by atoms with van der Waals surface area (Å²) in [5, 5.41) is 0.572. The van der Waals surface area contributed by atoms with Gasteiger partial charge in [-0.1, -0.05) is 27.7 Å². The molecule has 4 fully saturated rings. The molecule has 3 aliphatic heterocycles. The molecule has 4 unspecified atom stereocenters. The van der Waals surface area contributed by atoms with Gasteiger partial charge in [-0.25, -0.2) is 14.4 Å². The molecule has 0 radical (unpaired) electrons. The van der Waals surface area contributed by atoms with Crippen LogP contribution in [0.4, 0.5) is 0 Å². The smallest absolute Gasteiger partial charge is 0.351 e. The highest BCUT2D eigenvalue weighted by atomic mass is 16.7. The van der Waals surface area contributed by atoms with Crippen molar-refractivity contribution in [2.24, 2.45) is 21.7 Å². The molecule has 1 aromatic heterocycles. The lowest BCUT2D eigenvalue weighted by atomic mass is 9.66. The van der Waals surface area contributed by atoms with Gasteiger partial charge in [-0.2, -0.15) is 0 Å². The van der Waals surface area contributed by atoms with Crippen LogP contribution in [0.3, 0.4) is 0 Å².